The first-order chi connectivity index (χ1) is 14.1. The Morgan fingerprint density at radius 1 is 1.28 bits per heavy atom. The summed E-state index contributed by atoms with van der Waals surface area (Å²) in [4.78, 5) is 17.8. The molecule has 1 N–H and O–H groups in total. The lowest BCUT2D eigenvalue weighted by atomic mass is 9.57. The first-order valence-corrected chi connectivity index (χ1v) is 10.5. The SMILES string of the molecule is COc1cc2c(cc1OC)[C@@]13CCN4CC(=CCO)[C@H](C[C@H]41)C1=CCC(=O)N2[C@H]13. The molecule has 29 heavy (non-hydrogen) atoms. The standard InChI is InChI=1S/C23H26N2O4/c1-28-18-10-16-17(11-19(18)29-2)25-21(27)4-3-14-15-9-20-23(16,22(14)25)6-7-24(20)12-13(15)5-8-26/h3,5,10-11,15,20,22,26H,4,6-9,12H2,1-2H3/t15-,20-,22+,23-/m0/s1. The third kappa shape index (κ3) is 1.96. The van der Waals surface area contributed by atoms with Gasteiger partial charge in [0, 0.05) is 36.4 Å². The van der Waals surface area contributed by atoms with Gasteiger partial charge >= 0.3 is 0 Å². The van der Waals surface area contributed by atoms with Gasteiger partial charge in [0.05, 0.1) is 32.6 Å². The maximum Gasteiger partial charge on any atom is 0.231 e. The molecular weight excluding hydrogens is 368 g/mol. The predicted molar refractivity (Wildman–Crippen MR) is 108 cm³/mol. The monoisotopic (exact) mass is 394 g/mol. The first-order valence-electron chi connectivity index (χ1n) is 10.5. The fraction of sp³-hybridized carbons (Fsp3) is 0.522. The molecule has 4 atom stereocenters. The van der Waals surface area contributed by atoms with Gasteiger partial charge < -0.3 is 19.5 Å². The number of fused-ring (bicyclic) bond motifs is 4. The van der Waals surface area contributed by atoms with Crippen molar-refractivity contribution in [2.45, 2.75) is 36.8 Å². The Bertz CT molecular complexity index is 983. The topological polar surface area (TPSA) is 62.2 Å². The molecule has 5 aliphatic rings. The number of amides is 1. The van der Waals surface area contributed by atoms with Gasteiger partial charge in [-0.3, -0.25) is 9.69 Å². The Labute approximate surface area is 170 Å². The molecule has 6 heteroatoms. The van der Waals surface area contributed by atoms with Crippen molar-refractivity contribution in [1.29, 1.82) is 0 Å². The van der Waals surface area contributed by atoms with Crippen LogP contribution in [0.15, 0.2) is 35.4 Å². The Hall–Kier alpha value is -2.31. The second-order valence-corrected chi connectivity index (χ2v) is 8.83. The fourth-order valence-corrected chi connectivity index (χ4v) is 6.98. The molecule has 1 aliphatic carbocycles. The summed E-state index contributed by atoms with van der Waals surface area (Å²) in [5, 5.41) is 9.59. The minimum Gasteiger partial charge on any atom is -0.493 e. The van der Waals surface area contributed by atoms with E-state index in [0.717, 1.165) is 37.4 Å². The van der Waals surface area contributed by atoms with Crippen LogP contribution < -0.4 is 14.4 Å². The van der Waals surface area contributed by atoms with Crippen LogP contribution in [0.3, 0.4) is 0 Å². The van der Waals surface area contributed by atoms with Crippen molar-refractivity contribution in [2.75, 3.05) is 38.8 Å². The highest BCUT2D eigenvalue weighted by Gasteiger charge is 2.67. The highest BCUT2D eigenvalue weighted by atomic mass is 16.5. The van der Waals surface area contributed by atoms with E-state index < -0.39 is 0 Å². The van der Waals surface area contributed by atoms with E-state index in [-0.39, 0.29) is 24.0 Å². The van der Waals surface area contributed by atoms with Gasteiger partial charge in [0.2, 0.25) is 5.91 Å². The second-order valence-electron chi connectivity index (χ2n) is 8.83. The number of carbonyl (C=O) groups is 1. The normalized spacial score (nSPS) is 35.5. The zero-order valence-corrected chi connectivity index (χ0v) is 16.9. The van der Waals surface area contributed by atoms with E-state index in [9.17, 15) is 9.90 Å². The molecule has 0 radical (unpaired) electrons. The van der Waals surface area contributed by atoms with Crippen LogP contribution >= 0.6 is 0 Å². The van der Waals surface area contributed by atoms with E-state index in [1.165, 1.54) is 16.7 Å². The van der Waals surface area contributed by atoms with Crippen molar-refractivity contribution in [3.8, 4) is 11.5 Å². The number of rotatable bonds is 3. The van der Waals surface area contributed by atoms with Crippen LogP contribution in [0.1, 0.15) is 24.8 Å². The van der Waals surface area contributed by atoms with Crippen LogP contribution in [-0.2, 0) is 10.2 Å². The number of carbonyl (C=O) groups excluding carboxylic acids is 1. The number of anilines is 1. The molecule has 6 rings (SSSR count). The van der Waals surface area contributed by atoms with Crippen molar-refractivity contribution in [3.63, 3.8) is 0 Å². The zero-order valence-electron chi connectivity index (χ0n) is 16.9. The van der Waals surface area contributed by atoms with Gasteiger partial charge in [-0.15, -0.1) is 0 Å². The summed E-state index contributed by atoms with van der Waals surface area (Å²) in [6.45, 7) is 2.00. The van der Waals surface area contributed by atoms with Gasteiger partial charge in [-0.05, 0) is 36.6 Å². The summed E-state index contributed by atoms with van der Waals surface area (Å²) in [5.41, 5.74) is 4.83. The molecule has 4 aliphatic heterocycles. The number of aliphatic hydroxyl groups excluding tert-OH is 1. The van der Waals surface area contributed by atoms with Crippen LogP contribution in [0, 0.1) is 5.92 Å². The average Bonchev–Trinajstić information content (AvgIpc) is 3.27. The van der Waals surface area contributed by atoms with Crippen molar-refractivity contribution >= 4 is 11.6 Å². The number of aliphatic hydroxyl groups is 1. The molecular formula is C23H26N2O4. The molecule has 1 saturated carbocycles. The number of methoxy groups -OCH3 is 2. The van der Waals surface area contributed by atoms with Crippen LogP contribution in [0.2, 0.25) is 0 Å². The zero-order chi connectivity index (χ0) is 19.9. The van der Waals surface area contributed by atoms with E-state index in [4.69, 9.17) is 9.47 Å². The molecule has 6 nitrogen and oxygen atoms in total. The van der Waals surface area contributed by atoms with Crippen LogP contribution in [-0.4, -0.2) is 61.9 Å². The van der Waals surface area contributed by atoms with E-state index in [2.05, 4.69) is 21.9 Å². The lowest BCUT2D eigenvalue weighted by Gasteiger charge is -2.54. The van der Waals surface area contributed by atoms with Gasteiger partial charge in [0.1, 0.15) is 0 Å². The molecule has 1 amide bonds. The largest absolute Gasteiger partial charge is 0.493 e. The molecule has 2 saturated heterocycles. The van der Waals surface area contributed by atoms with E-state index in [1.54, 1.807) is 14.2 Å². The molecule has 152 valence electrons. The van der Waals surface area contributed by atoms with Gasteiger partial charge in [-0.1, -0.05) is 17.7 Å². The van der Waals surface area contributed by atoms with Crippen molar-refractivity contribution < 1.29 is 19.4 Å². The van der Waals surface area contributed by atoms with Crippen LogP contribution in [0.5, 0.6) is 11.5 Å². The van der Waals surface area contributed by atoms with Crippen molar-refractivity contribution in [2.24, 2.45) is 5.92 Å². The minimum absolute atomic E-state index is 0.0618. The number of ether oxygens (including phenoxy) is 2. The Kier molecular flexibility index (Phi) is 3.55. The first kappa shape index (κ1) is 17.5. The third-order valence-electron chi connectivity index (χ3n) is 8.00. The number of hydrogen-bond acceptors (Lipinski definition) is 5. The molecule has 1 spiro atoms. The summed E-state index contributed by atoms with van der Waals surface area (Å²) in [6.07, 6.45) is 6.70. The second kappa shape index (κ2) is 5.86. The highest BCUT2D eigenvalue weighted by molar-refractivity contribution is 6.01. The number of benzene rings is 1. The molecule has 4 heterocycles. The molecule has 0 unspecified atom stereocenters. The van der Waals surface area contributed by atoms with Crippen molar-refractivity contribution in [3.05, 3.63) is 41.0 Å². The molecule has 0 aromatic heterocycles. The summed E-state index contributed by atoms with van der Waals surface area (Å²) >= 11 is 0. The summed E-state index contributed by atoms with van der Waals surface area (Å²) < 4.78 is 11.2. The predicted octanol–water partition coefficient (Wildman–Crippen LogP) is 2.01. The maximum atomic E-state index is 13.2. The maximum absolute atomic E-state index is 13.2. The minimum atomic E-state index is -0.0853. The lowest BCUT2D eigenvalue weighted by Crippen LogP contribution is -2.62. The average molecular weight is 394 g/mol. The van der Waals surface area contributed by atoms with E-state index in [0.29, 0.717) is 24.1 Å². The smallest absolute Gasteiger partial charge is 0.231 e. The summed E-state index contributed by atoms with van der Waals surface area (Å²) in [5.74, 6) is 1.89. The van der Waals surface area contributed by atoms with Gasteiger partial charge in [0.25, 0.3) is 0 Å². The number of hydrogen-bond donors (Lipinski definition) is 1. The summed E-state index contributed by atoms with van der Waals surface area (Å²) in [6, 6.07) is 4.59. The Morgan fingerprint density at radius 2 is 2.07 bits per heavy atom. The summed E-state index contributed by atoms with van der Waals surface area (Å²) in [7, 11) is 3.31. The highest BCUT2D eigenvalue weighted by Crippen LogP contribution is 2.65. The molecule has 2 bridgehead atoms. The van der Waals surface area contributed by atoms with Crippen LogP contribution in [0.25, 0.3) is 0 Å². The van der Waals surface area contributed by atoms with E-state index in [1.807, 2.05) is 12.1 Å². The van der Waals surface area contributed by atoms with Gasteiger partial charge in [-0.2, -0.15) is 0 Å². The molecule has 1 aromatic rings. The van der Waals surface area contributed by atoms with Gasteiger partial charge in [0.15, 0.2) is 11.5 Å². The fourth-order valence-electron chi connectivity index (χ4n) is 6.98. The Balaban J connectivity index is 1.62. The quantitative estimate of drug-likeness (QED) is 0.795. The number of piperidine rings is 1. The van der Waals surface area contributed by atoms with E-state index >= 15 is 0 Å². The third-order valence-corrected chi connectivity index (χ3v) is 8.00. The lowest BCUT2D eigenvalue weighted by molar-refractivity contribution is -0.118. The molecule has 1 aromatic carbocycles. The van der Waals surface area contributed by atoms with Gasteiger partial charge in [-0.25, -0.2) is 0 Å². The van der Waals surface area contributed by atoms with Crippen LogP contribution in [0.4, 0.5) is 5.69 Å². The van der Waals surface area contributed by atoms with Crippen molar-refractivity contribution in [1.82, 2.24) is 4.90 Å². The number of nitrogens with zero attached hydrogens (tertiary/aromatic N) is 2. The molecule has 3 fully saturated rings. The Morgan fingerprint density at radius 3 is 2.83 bits per heavy atom.